The SMILES string of the molecule is COc1ccc(Oc2ncc(-c3ccc(C(=O)Nc4ccc(C)c(C)c4)cc3)cn2)cc1. The Morgan fingerprint density at radius 3 is 2.06 bits per heavy atom. The molecule has 4 rings (SSSR count). The molecule has 160 valence electrons. The zero-order valence-corrected chi connectivity index (χ0v) is 18.1. The van der Waals surface area contributed by atoms with Crippen LogP contribution in [0.15, 0.2) is 79.1 Å². The van der Waals surface area contributed by atoms with Gasteiger partial charge in [-0.1, -0.05) is 18.2 Å². The first-order valence-corrected chi connectivity index (χ1v) is 10.1. The van der Waals surface area contributed by atoms with Crippen LogP contribution in [0.3, 0.4) is 0 Å². The van der Waals surface area contributed by atoms with Crippen LogP contribution in [0.4, 0.5) is 5.69 Å². The Hall–Kier alpha value is -4.19. The highest BCUT2D eigenvalue weighted by Crippen LogP contribution is 2.24. The minimum Gasteiger partial charge on any atom is -0.497 e. The number of amides is 1. The highest BCUT2D eigenvalue weighted by Gasteiger charge is 2.08. The summed E-state index contributed by atoms with van der Waals surface area (Å²) in [6.45, 7) is 4.07. The molecule has 0 fully saturated rings. The maximum Gasteiger partial charge on any atom is 0.321 e. The fourth-order valence-corrected chi connectivity index (χ4v) is 3.10. The number of hydrogen-bond acceptors (Lipinski definition) is 5. The summed E-state index contributed by atoms with van der Waals surface area (Å²) in [5.41, 5.74) is 5.42. The first kappa shape index (κ1) is 21.1. The third kappa shape index (κ3) is 4.92. The minimum atomic E-state index is -0.153. The molecule has 6 heteroatoms. The summed E-state index contributed by atoms with van der Waals surface area (Å²) in [7, 11) is 1.61. The number of aromatic nitrogens is 2. The number of rotatable bonds is 6. The van der Waals surface area contributed by atoms with Crippen molar-refractivity contribution in [1.29, 1.82) is 0 Å². The number of carbonyl (C=O) groups is 1. The maximum atomic E-state index is 12.6. The molecule has 0 aliphatic rings. The quantitative estimate of drug-likeness (QED) is 0.422. The second-order valence-corrected chi connectivity index (χ2v) is 7.36. The summed E-state index contributed by atoms with van der Waals surface area (Å²) in [5, 5.41) is 2.94. The molecule has 1 heterocycles. The molecule has 0 radical (unpaired) electrons. The molecule has 32 heavy (non-hydrogen) atoms. The van der Waals surface area contributed by atoms with E-state index in [1.54, 1.807) is 55.9 Å². The Labute approximate surface area is 186 Å². The topological polar surface area (TPSA) is 73.3 Å². The van der Waals surface area contributed by atoms with E-state index in [9.17, 15) is 4.79 Å². The Morgan fingerprint density at radius 1 is 0.781 bits per heavy atom. The number of anilines is 1. The molecule has 0 unspecified atom stereocenters. The fraction of sp³-hybridized carbons (Fsp3) is 0.115. The van der Waals surface area contributed by atoms with Gasteiger partial charge < -0.3 is 14.8 Å². The van der Waals surface area contributed by atoms with Gasteiger partial charge in [0.05, 0.1) is 7.11 Å². The van der Waals surface area contributed by atoms with Gasteiger partial charge in [-0.05, 0) is 79.1 Å². The molecule has 0 saturated carbocycles. The fourth-order valence-electron chi connectivity index (χ4n) is 3.10. The summed E-state index contributed by atoms with van der Waals surface area (Å²) in [5.74, 6) is 1.22. The predicted molar refractivity (Wildman–Crippen MR) is 124 cm³/mol. The lowest BCUT2D eigenvalue weighted by atomic mass is 10.1. The van der Waals surface area contributed by atoms with E-state index in [1.807, 2.05) is 44.2 Å². The molecule has 0 aliphatic heterocycles. The van der Waals surface area contributed by atoms with Crippen LogP contribution in [0.5, 0.6) is 17.5 Å². The van der Waals surface area contributed by atoms with Gasteiger partial charge in [-0.25, -0.2) is 9.97 Å². The van der Waals surface area contributed by atoms with Crippen LogP contribution >= 0.6 is 0 Å². The standard InChI is InChI=1S/C26H23N3O3/c1-17-4-9-22(14-18(17)2)29-25(30)20-7-5-19(6-8-20)21-15-27-26(28-16-21)32-24-12-10-23(31-3)11-13-24/h4-16H,1-3H3,(H,29,30). The average Bonchev–Trinajstić information content (AvgIpc) is 2.82. The maximum absolute atomic E-state index is 12.6. The molecule has 0 atom stereocenters. The molecule has 0 spiro atoms. The van der Waals surface area contributed by atoms with Crippen LogP contribution in [-0.2, 0) is 0 Å². The molecule has 0 saturated heterocycles. The van der Waals surface area contributed by atoms with Gasteiger partial charge in [0.2, 0.25) is 0 Å². The summed E-state index contributed by atoms with van der Waals surface area (Å²) in [6.07, 6.45) is 3.38. The smallest absolute Gasteiger partial charge is 0.321 e. The Bertz CT molecular complexity index is 1220. The van der Waals surface area contributed by atoms with Crippen LogP contribution < -0.4 is 14.8 Å². The van der Waals surface area contributed by atoms with Crippen molar-refractivity contribution < 1.29 is 14.3 Å². The van der Waals surface area contributed by atoms with E-state index in [2.05, 4.69) is 15.3 Å². The third-order valence-electron chi connectivity index (χ3n) is 5.14. The second kappa shape index (κ2) is 9.31. The van der Waals surface area contributed by atoms with Gasteiger partial charge in [-0.3, -0.25) is 4.79 Å². The van der Waals surface area contributed by atoms with Gasteiger partial charge in [-0.2, -0.15) is 0 Å². The molecule has 0 bridgehead atoms. The van der Waals surface area contributed by atoms with Crippen molar-refractivity contribution in [2.45, 2.75) is 13.8 Å². The summed E-state index contributed by atoms with van der Waals surface area (Å²) < 4.78 is 10.8. The van der Waals surface area contributed by atoms with Crippen molar-refractivity contribution >= 4 is 11.6 Å². The van der Waals surface area contributed by atoms with E-state index in [-0.39, 0.29) is 11.9 Å². The minimum absolute atomic E-state index is 0.153. The normalized spacial score (nSPS) is 10.5. The van der Waals surface area contributed by atoms with E-state index in [0.717, 1.165) is 28.1 Å². The largest absolute Gasteiger partial charge is 0.497 e. The van der Waals surface area contributed by atoms with Crippen molar-refractivity contribution in [3.8, 4) is 28.6 Å². The van der Waals surface area contributed by atoms with Gasteiger partial charge in [0.1, 0.15) is 11.5 Å². The van der Waals surface area contributed by atoms with Gasteiger partial charge in [0, 0.05) is 29.2 Å². The molecule has 1 amide bonds. The monoisotopic (exact) mass is 425 g/mol. The first-order valence-electron chi connectivity index (χ1n) is 10.1. The van der Waals surface area contributed by atoms with Crippen LogP contribution in [0, 0.1) is 13.8 Å². The number of benzene rings is 3. The van der Waals surface area contributed by atoms with Gasteiger partial charge >= 0.3 is 6.01 Å². The van der Waals surface area contributed by atoms with E-state index in [1.165, 1.54) is 5.56 Å². The van der Waals surface area contributed by atoms with Crippen molar-refractivity contribution in [3.63, 3.8) is 0 Å². The van der Waals surface area contributed by atoms with Gasteiger partial charge in [0.25, 0.3) is 5.91 Å². The van der Waals surface area contributed by atoms with E-state index >= 15 is 0 Å². The van der Waals surface area contributed by atoms with Crippen LogP contribution in [-0.4, -0.2) is 23.0 Å². The lowest BCUT2D eigenvalue weighted by Gasteiger charge is -2.09. The van der Waals surface area contributed by atoms with E-state index in [0.29, 0.717) is 11.3 Å². The van der Waals surface area contributed by atoms with E-state index in [4.69, 9.17) is 9.47 Å². The molecule has 1 N–H and O–H groups in total. The number of nitrogens with one attached hydrogen (secondary N) is 1. The Morgan fingerprint density at radius 2 is 1.44 bits per heavy atom. The van der Waals surface area contributed by atoms with Crippen molar-refractivity contribution in [2.24, 2.45) is 0 Å². The highest BCUT2D eigenvalue weighted by atomic mass is 16.5. The molecular weight excluding hydrogens is 402 g/mol. The third-order valence-corrected chi connectivity index (χ3v) is 5.14. The molecular formula is C26H23N3O3. The van der Waals surface area contributed by atoms with Crippen molar-refractivity contribution in [1.82, 2.24) is 9.97 Å². The summed E-state index contributed by atoms with van der Waals surface area (Å²) >= 11 is 0. The number of methoxy groups -OCH3 is 1. The summed E-state index contributed by atoms with van der Waals surface area (Å²) in [6, 6.07) is 20.6. The Kier molecular flexibility index (Phi) is 6.12. The van der Waals surface area contributed by atoms with Gasteiger partial charge in [-0.15, -0.1) is 0 Å². The van der Waals surface area contributed by atoms with Crippen molar-refractivity contribution in [2.75, 3.05) is 12.4 Å². The molecule has 6 nitrogen and oxygen atoms in total. The van der Waals surface area contributed by atoms with Crippen LogP contribution in [0.25, 0.3) is 11.1 Å². The first-order chi connectivity index (χ1) is 15.5. The van der Waals surface area contributed by atoms with Crippen LogP contribution in [0.1, 0.15) is 21.5 Å². The molecule has 1 aromatic heterocycles. The van der Waals surface area contributed by atoms with Gasteiger partial charge in [0.15, 0.2) is 0 Å². The number of nitrogens with zero attached hydrogens (tertiary/aromatic N) is 2. The second-order valence-electron chi connectivity index (χ2n) is 7.36. The Balaban J connectivity index is 1.41. The number of ether oxygens (including phenoxy) is 2. The molecule has 3 aromatic carbocycles. The molecule has 0 aliphatic carbocycles. The highest BCUT2D eigenvalue weighted by molar-refractivity contribution is 6.04. The lowest BCUT2D eigenvalue weighted by Crippen LogP contribution is -2.11. The van der Waals surface area contributed by atoms with Crippen LogP contribution in [0.2, 0.25) is 0 Å². The predicted octanol–water partition coefficient (Wildman–Crippen LogP) is 5.81. The number of carbonyl (C=O) groups excluding carboxylic acids is 1. The zero-order chi connectivity index (χ0) is 22.5. The van der Waals surface area contributed by atoms with Crippen molar-refractivity contribution in [3.05, 3.63) is 95.8 Å². The number of aryl methyl sites for hydroxylation is 2. The summed E-state index contributed by atoms with van der Waals surface area (Å²) in [4.78, 5) is 21.1. The molecule has 4 aromatic rings. The lowest BCUT2D eigenvalue weighted by molar-refractivity contribution is 0.102. The average molecular weight is 425 g/mol. The number of hydrogen-bond donors (Lipinski definition) is 1. The zero-order valence-electron chi connectivity index (χ0n) is 18.1. The van der Waals surface area contributed by atoms with E-state index < -0.39 is 0 Å².